The molecule has 6 rings (SSSR count). The largest absolute Gasteiger partial charge is 0.345 e. The number of rotatable bonds is 8. The lowest BCUT2D eigenvalue weighted by atomic mass is 10.2. The van der Waals surface area contributed by atoms with E-state index in [0.717, 1.165) is 28.7 Å². The number of aryl methyl sites for hydroxylation is 2. The summed E-state index contributed by atoms with van der Waals surface area (Å²) >= 11 is 8.36. The number of benzene rings is 2. The van der Waals surface area contributed by atoms with E-state index in [9.17, 15) is 30.8 Å². The second kappa shape index (κ2) is 16.5. The van der Waals surface area contributed by atoms with Gasteiger partial charge in [0.2, 0.25) is 20.0 Å². The molecule has 0 radical (unpaired) electrons. The fourth-order valence-electron chi connectivity index (χ4n) is 5.34. The first kappa shape index (κ1) is 39.4. The number of nitrogens with zero attached hydrogens (tertiary/aromatic N) is 6. The van der Waals surface area contributed by atoms with Crippen LogP contribution in [0.4, 0.5) is 14.7 Å². The Hall–Kier alpha value is -3.80. The van der Waals surface area contributed by atoms with Crippen LogP contribution in [0.2, 0.25) is 5.02 Å². The van der Waals surface area contributed by atoms with E-state index in [2.05, 4.69) is 9.97 Å². The molecule has 16 nitrogen and oxygen atoms in total. The van der Waals surface area contributed by atoms with Crippen LogP contribution >= 0.6 is 34.3 Å². The number of sulfonamides is 2. The van der Waals surface area contributed by atoms with Gasteiger partial charge in [0.25, 0.3) is 11.8 Å². The number of carbonyl (C=O) groups excluding carboxylic acids is 2. The molecule has 0 atom stereocenters. The van der Waals surface area contributed by atoms with Gasteiger partial charge in [-0.25, -0.2) is 42.2 Å². The van der Waals surface area contributed by atoms with Gasteiger partial charge in [-0.05, 0) is 43.2 Å². The Balaban J connectivity index is 0.000000201. The third-order valence-electron chi connectivity index (χ3n) is 8.20. The molecule has 4 aromatic rings. The smallest absolute Gasteiger partial charge is 0.286 e. The number of thiazole rings is 2. The molecule has 2 aromatic heterocycles. The number of halogens is 2. The highest BCUT2D eigenvalue weighted by Gasteiger charge is 2.33. The predicted octanol–water partition coefficient (Wildman–Crippen LogP) is 2.96. The van der Waals surface area contributed by atoms with Crippen LogP contribution in [0.1, 0.15) is 30.5 Å². The molecule has 280 valence electrons. The number of piperazine rings is 2. The second-order valence-corrected chi connectivity index (χ2v) is 17.7. The molecule has 2 amide bonds. The molecule has 22 heteroatoms. The molecule has 2 aromatic carbocycles. The summed E-state index contributed by atoms with van der Waals surface area (Å²) in [4.78, 5) is 35.5. The summed E-state index contributed by atoms with van der Waals surface area (Å²) < 4.78 is 67.6. The van der Waals surface area contributed by atoms with Crippen molar-refractivity contribution in [2.75, 3.05) is 62.2 Å². The Morgan fingerprint density at radius 2 is 1.23 bits per heavy atom. The lowest BCUT2D eigenvalue weighted by Gasteiger charge is -2.34. The molecule has 2 saturated heterocycles. The van der Waals surface area contributed by atoms with Crippen LogP contribution in [0.15, 0.2) is 58.6 Å². The summed E-state index contributed by atoms with van der Waals surface area (Å²) in [6.07, 6.45) is 2.73. The van der Waals surface area contributed by atoms with Gasteiger partial charge in [-0.2, -0.15) is 8.61 Å². The fourth-order valence-corrected chi connectivity index (χ4v) is 10.7. The Bertz CT molecular complexity index is 2130. The molecule has 4 heterocycles. The van der Waals surface area contributed by atoms with E-state index in [0.29, 0.717) is 47.6 Å². The molecule has 52 heavy (non-hydrogen) atoms. The summed E-state index contributed by atoms with van der Waals surface area (Å²) in [6.45, 7) is 5.97. The number of aromatic nitrogens is 2. The van der Waals surface area contributed by atoms with E-state index in [-0.39, 0.29) is 50.7 Å². The highest BCUT2D eigenvalue weighted by Crippen LogP contribution is 2.30. The van der Waals surface area contributed by atoms with Crippen molar-refractivity contribution in [1.82, 2.24) is 29.5 Å². The highest BCUT2D eigenvalue weighted by atomic mass is 35.5. The van der Waals surface area contributed by atoms with Gasteiger partial charge >= 0.3 is 0 Å². The van der Waals surface area contributed by atoms with Crippen LogP contribution in [0, 0.1) is 19.7 Å². The van der Waals surface area contributed by atoms with Crippen molar-refractivity contribution in [3.8, 4) is 0 Å². The zero-order valence-corrected chi connectivity index (χ0v) is 31.7. The van der Waals surface area contributed by atoms with Gasteiger partial charge < -0.3 is 9.80 Å². The van der Waals surface area contributed by atoms with Crippen LogP contribution in [0.25, 0.3) is 0 Å². The first-order chi connectivity index (χ1) is 24.7. The molecule has 2 aliphatic rings. The average molecular weight is 817 g/mol. The van der Waals surface area contributed by atoms with Crippen molar-refractivity contribution >= 4 is 76.4 Å². The minimum absolute atomic E-state index is 0.0646. The maximum Gasteiger partial charge on any atom is 0.286 e. The summed E-state index contributed by atoms with van der Waals surface area (Å²) in [5.74, 6) is -1.82. The lowest BCUT2D eigenvalue weighted by Crippen LogP contribution is -2.48. The molecule has 4 N–H and O–H groups in total. The molecule has 0 aliphatic carbocycles. The van der Waals surface area contributed by atoms with Crippen LogP contribution in [-0.2, 0) is 20.0 Å². The Kier molecular flexibility index (Phi) is 12.5. The van der Waals surface area contributed by atoms with Gasteiger partial charge in [0.05, 0.1) is 22.3 Å². The summed E-state index contributed by atoms with van der Waals surface area (Å²) in [7, 11) is -7.45. The number of nitrogens with one attached hydrogen (secondary N) is 2. The molecule has 0 saturated carbocycles. The van der Waals surface area contributed by atoms with Crippen LogP contribution in [-0.4, -0.2) is 110 Å². The van der Waals surface area contributed by atoms with E-state index < -0.39 is 37.7 Å². The molecular formula is C30H34ClFN8O8S4. The number of anilines is 2. The highest BCUT2D eigenvalue weighted by molar-refractivity contribution is 7.89. The molecule has 0 unspecified atom stereocenters. The van der Waals surface area contributed by atoms with Crippen molar-refractivity contribution in [3.05, 3.63) is 80.5 Å². The SMILES string of the molecule is Cc1ccc(S(=O)(=O)N2CCN(c3ncc(C(=O)NO)s3)CC2)cc1F.Cc1cccc(Cl)c1S(=O)(=O)N1CCN(c2ncc(C(=O)NO)s2)CC1. The first-order valence-corrected chi connectivity index (χ1v) is 20.4. The van der Waals surface area contributed by atoms with Crippen molar-refractivity contribution in [2.45, 2.75) is 23.6 Å². The number of hydroxylamine groups is 2. The second-order valence-electron chi connectivity index (χ2n) is 11.5. The van der Waals surface area contributed by atoms with Gasteiger partial charge in [0.1, 0.15) is 20.5 Å². The van der Waals surface area contributed by atoms with Crippen LogP contribution in [0.5, 0.6) is 0 Å². The maximum atomic E-state index is 13.7. The van der Waals surface area contributed by atoms with Crippen molar-refractivity contribution in [1.29, 1.82) is 0 Å². The topological polar surface area (TPSA) is 206 Å². The number of carbonyl (C=O) groups is 2. The number of amides is 2. The molecule has 0 spiro atoms. The number of hydrogen-bond acceptors (Lipinski definition) is 14. The van der Waals surface area contributed by atoms with Gasteiger partial charge in [0, 0.05) is 52.4 Å². The van der Waals surface area contributed by atoms with E-state index in [1.54, 1.807) is 43.0 Å². The molecule has 0 bridgehead atoms. The van der Waals surface area contributed by atoms with Gasteiger partial charge in [-0.3, -0.25) is 20.0 Å². The Labute approximate surface area is 312 Å². The minimum atomic E-state index is -3.77. The van der Waals surface area contributed by atoms with Gasteiger partial charge in [-0.1, -0.05) is 52.5 Å². The zero-order chi connectivity index (χ0) is 37.8. The van der Waals surface area contributed by atoms with E-state index in [1.807, 2.05) is 9.80 Å². The standard InChI is InChI=1S/C15H17ClN4O4S2.C15H17FN4O4S2/c1-10-3-2-4-11(16)13(10)26(23,24)20-7-5-19(6-8-20)15-17-9-12(25-15)14(21)18-22;1-10-2-3-11(8-12(10)16)26(23,24)20-6-4-19(5-7-20)15-17-9-13(25-15)14(21)18-22/h2-4,9,22H,5-8H2,1H3,(H,18,21);2-3,8-9,22H,4-7H2,1H3,(H,18,21). The third-order valence-corrected chi connectivity index (χ3v) is 14.7. The van der Waals surface area contributed by atoms with E-state index >= 15 is 0 Å². The lowest BCUT2D eigenvalue weighted by molar-refractivity contribution is 0.0706. The summed E-state index contributed by atoms with van der Waals surface area (Å²) in [6, 6.07) is 8.90. The summed E-state index contributed by atoms with van der Waals surface area (Å²) in [5, 5.41) is 18.7. The van der Waals surface area contributed by atoms with Gasteiger partial charge in [0.15, 0.2) is 10.3 Å². The Morgan fingerprint density at radius 1 is 0.750 bits per heavy atom. The number of hydrogen-bond donors (Lipinski definition) is 4. The normalized spacial score (nSPS) is 15.9. The van der Waals surface area contributed by atoms with Crippen molar-refractivity contribution in [3.63, 3.8) is 0 Å². The van der Waals surface area contributed by atoms with Gasteiger partial charge in [-0.15, -0.1) is 0 Å². The Morgan fingerprint density at radius 3 is 1.67 bits per heavy atom. The first-order valence-electron chi connectivity index (χ1n) is 15.5. The monoisotopic (exact) mass is 816 g/mol. The maximum absolute atomic E-state index is 13.7. The minimum Gasteiger partial charge on any atom is -0.345 e. The summed E-state index contributed by atoms with van der Waals surface area (Å²) in [5.41, 5.74) is 4.11. The van der Waals surface area contributed by atoms with Crippen molar-refractivity contribution < 1.29 is 41.2 Å². The average Bonchev–Trinajstić information content (AvgIpc) is 3.84. The molecule has 2 fully saturated rings. The zero-order valence-electron chi connectivity index (χ0n) is 27.7. The molecular weight excluding hydrogens is 783 g/mol. The quantitative estimate of drug-likeness (QED) is 0.150. The van der Waals surface area contributed by atoms with E-state index in [1.165, 1.54) is 33.1 Å². The molecule has 2 aliphatic heterocycles. The third kappa shape index (κ3) is 8.53. The van der Waals surface area contributed by atoms with E-state index in [4.69, 9.17) is 22.0 Å². The predicted molar refractivity (Wildman–Crippen MR) is 192 cm³/mol. The van der Waals surface area contributed by atoms with Crippen molar-refractivity contribution in [2.24, 2.45) is 0 Å². The van der Waals surface area contributed by atoms with Crippen LogP contribution < -0.4 is 20.8 Å². The fraction of sp³-hybridized carbons (Fsp3) is 0.333. The van der Waals surface area contributed by atoms with Crippen LogP contribution in [0.3, 0.4) is 0 Å².